The summed E-state index contributed by atoms with van der Waals surface area (Å²) in [6, 6.07) is 5.44. The Morgan fingerprint density at radius 1 is 1.03 bits per heavy atom. The Kier molecular flexibility index (Phi) is 4.70. The third-order valence-corrected chi connectivity index (χ3v) is 6.90. The number of allylic oxidation sites excluding steroid dienone is 4. The lowest BCUT2D eigenvalue weighted by atomic mass is 9.73. The van der Waals surface area contributed by atoms with Crippen LogP contribution in [0.4, 0.5) is 0 Å². The quantitative estimate of drug-likeness (QED) is 0.732. The molecule has 0 radical (unpaired) electrons. The van der Waals surface area contributed by atoms with E-state index in [1.54, 1.807) is 6.07 Å². The SMILES string of the molecule is COC(=O)c1sccc1-c1ccc(C2C3=C(CCCC3=O)NC3=C2C(=O)CCC3)o1. The molecule has 7 heteroatoms. The van der Waals surface area contributed by atoms with Gasteiger partial charge in [-0.2, -0.15) is 0 Å². The number of hydrogen-bond acceptors (Lipinski definition) is 7. The van der Waals surface area contributed by atoms with Crippen molar-refractivity contribution in [3.63, 3.8) is 0 Å². The lowest BCUT2D eigenvalue weighted by molar-refractivity contribution is -0.117. The van der Waals surface area contributed by atoms with Gasteiger partial charge >= 0.3 is 5.97 Å². The summed E-state index contributed by atoms with van der Waals surface area (Å²) in [5.74, 6) is 0.343. The number of esters is 1. The van der Waals surface area contributed by atoms with Crippen molar-refractivity contribution in [1.82, 2.24) is 5.32 Å². The Balaban J connectivity index is 1.62. The van der Waals surface area contributed by atoms with Crippen LogP contribution in [0.5, 0.6) is 0 Å². The van der Waals surface area contributed by atoms with E-state index in [2.05, 4.69) is 5.32 Å². The molecule has 5 rings (SSSR count). The predicted octanol–water partition coefficient (Wildman–Crippen LogP) is 4.50. The molecule has 1 aliphatic heterocycles. The second-order valence-electron chi connectivity index (χ2n) is 7.75. The van der Waals surface area contributed by atoms with Crippen molar-refractivity contribution < 1.29 is 23.5 Å². The van der Waals surface area contributed by atoms with Crippen molar-refractivity contribution in [2.75, 3.05) is 7.11 Å². The maximum atomic E-state index is 12.9. The molecule has 154 valence electrons. The highest BCUT2D eigenvalue weighted by atomic mass is 32.1. The van der Waals surface area contributed by atoms with E-state index in [0.29, 0.717) is 45.9 Å². The summed E-state index contributed by atoms with van der Waals surface area (Å²) < 4.78 is 11.1. The Hall–Kier alpha value is -2.93. The van der Waals surface area contributed by atoms with Crippen LogP contribution in [0, 0.1) is 0 Å². The number of ketones is 2. The number of rotatable bonds is 3. The lowest BCUT2D eigenvalue weighted by Crippen LogP contribution is -2.36. The average molecular weight is 423 g/mol. The van der Waals surface area contributed by atoms with E-state index in [4.69, 9.17) is 9.15 Å². The fourth-order valence-electron chi connectivity index (χ4n) is 4.67. The van der Waals surface area contributed by atoms with Crippen molar-refractivity contribution in [3.8, 4) is 11.3 Å². The van der Waals surface area contributed by atoms with Crippen molar-refractivity contribution in [3.05, 3.63) is 56.8 Å². The number of methoxy groups -OCH3 is 1. The number of furan rings is 1. The van der Waals surface area contributed by atoms with Gasteiger partial charge in [0.2, 0.25) is 0 Å². The van der Waals surface area contributed by atoms with Crippen LogP contribution in [0.3, 0.4) is 0 Å². The van der Waals surface area contributed by atoms with Gasteiger partial charge in [0, 0.05) is 40.9 Å². The largest absolute Gasteiger partial charge is 0.465 e. The zero-order chi connectivity index (χ0) is 20.8. The average Bonchev–Trinajstić information content (AvgIpc) is 3.41. The summed E-state index contributed by atoms with van der Waals surface area (Å²) in [5.41, 5.74) is 3.83. The number of dihydropyridines is 1. The minimum atomic E-state index is -0.481. The molecule has 3 aliphatic rings. The number of carbonyl (C=O) groups is 3. The van der Waals surface area contributed by atoms with Crippen LogP contribution in [0.2, 0.25) is 0 Å². The van der Waals surface area contributed by atoms with E-state index in [1.807, 2.05) is 17.5 Å². The van der Waals surface area contributed by atoms with Crippen molar-refractivity contribution >= 4 is 28.9 Å². The molecule has 0 saturated carbocycles. The Bertz CT molecular complexity index is 1090. The molecule has 0 saturated heterocycles. The monoisotopic (exact) mass is 423 g/mol. The first-order valence-corrected chi connectivity index (χ1v) is 11.0. The summed E-state index contributed by atoms with van der Waals surface area (Å²) in [7, 11) is 1.35. The van der Waals surface area contributed by atoms with Gasteiger partial charge in [0.1, 0.15) is 16.4 Å². The molecule has 0 fully saturated rings. The molecular weight excluding hydrogens is 402 g/mol. The smallest absolute Gasteiger partial charge is 0.348 e. The van der Waals surface area contributed by atoms with E-state index >= 15 is 0 Å². The van der Waals surface area contributed by atoms with E-state index in [9.17, 15) is 14.4 Å². The molecule has 0 atom stereocenters. The van der Waals surface area contributed by atoms with Crippen molar-refractivity contribution in [2.24, 2.45) is 0 Å². The third kappa shape index (κ3) is 2.96. The summed E-state index contributed by atoms with van der Waals surface area (Å²) >= 11 is 1.29. The van der Waals surface area contributed by atoms with Gasteiger partial charge in [0.25, 0.3) is 0 Å². The fourth-order valence-corrected chi connectivity index (χ4v) is 5.49. The third-order valence-electron chi connectivity index (χ3n) is 6.00. The van der Waals surface area contributed by atoms with Crippen LogP contribution in [-0.2, 0) is 14.3 Å². The summed E-state index contributed by atoms with van der Waals surface area (Å²) in [6.07, 6.45) is 4.19. The van der Waals surface area contributed by atoms with E-state index in [1.165, 1.54) is 18.4 Å². The first kappa shape index (κ1) is 19.1. The molecule has 0 spiro atoms. The standard InChI is InChI=1S/C23H21NO5S/c1-28-23(27)22-12(10-11-30-22)17-8-9-18(29-17)21-19-13(4-2-6-15(19)25)24-14-5-3-7-16(26)20(14)21/h8-11,21,24H,2-7H2,1H3. The van der Waals surface area contributed by atoms with Gasteiger partial charge in [-0.25, -0.2) is 4.79 Å². The normalized spacial score (nSPS) is 19.5. The predicted molar refractivity (Wildman–Crippen MR) is 111 cm³/mol. The van der Waals surface area contributed by atoms with E-state index in [0.717, 1.165) is 37.1 Å². The van der Waals surface area contributed by atoms with Crippen LogP contribution in [0.1, 0.15) is 59.9 Å². The Morgan fingerprint density at radius 3 is 2.33 bits per heavy atom. The van der Waals surface area contributed by atoms with Gasteiger partial charge in [-0.1, -0.05) is 0 Å². The molecule has 30 heavy (non-hydrogen) atoms. The van der Waals surface area contributed by atoms with Crippen LogP contribution < -0.4 is 5.32 Å². The highest BCUT2D eigenvalue weighted by Crippen LogP contribution is 2.46. The second kappa shape index (κ2) is 7.40. The Labute approximate surface area is 177 Å². The molecular formula is C23H21NO5S. The Morgan fingerprint density at radius 2 is 1.70 bits per heavy atom. The topological polar surface area (TPSA) is 85.6 Å². The number of nitrogens with one attached hydrogen (secondary N) is 1. The van der Waals surface area contributed by atoms with Crippen LogP contribution in [0.15, 0.2) is 50.5 Å². The summed E-state index contributed by atoms with van der Waals surface area (Å²) in [4.78, 5) is 38.3. The van der Waals surface area contributed by atoms with Gasteiger partial charge in [-0.3, -0.25) is 9.59 Å². The molecule has 3 heterocycles. The molecule has 0 amide bonds. The first-order chi connectivity index (χ1) is 14.6. The van der Waals surface area contributed by atoms with Gasteiger partial charge in [0.15, 0.2) is 11.6 Å². The van der Waals surface area contributed by atoms with Crippen molar-refractivity contribution in [2.45, 2.75) is 44.4 Å². The summed E-state index contributed by atoms with van der Waals surface area (Å²) in [6.45, 7) is 0. The molecule has 6 nitrogen and oxygen atoms in total. The zero-order valence-electron chi connectivity index (χ0n) is 16.6. The number of carbonyl (C=O) groups excluding carboxylic acids is 3. The van der Waals surface area contributed by atoms with Crippen LogP contribution >= 0.6 is 11.3 Å². The van der Waals surface area contributed by atoms with Gasteiger partial charge in [-0.05, 0) is 49.3 Å². The minimum absolute atomic E-state index is 0.0717. The highest BCUT2D eigenvalue weighted by molar-refractivity contribution is 7.12. The van der Waals surface area contributed by atoms with E-state index < -0.39 is 11.9 Å². The van der Waals surface area contributed by atoms with Gasteiger partial charge < -0.3 is 14.5 Å². The summed E-state index contributed by atoms with van der Waals surface area (Å²) in [5, 5.41) is 5.21. The number of thiophene rings is 1. The second-order valence-corrected chi connectivity index (χ2v) is 8.67. The number of hydrogen-bond donors (Lipinski definition) is 1. The molecule has 0 aromatic carbocycles. The minimum Gasteiger partial charge on any atom is -0.465 e. The first-order valence-electron chi connectivity index (χ1n) is 10.1. The molecule has 0 unspecified atom stereocenters. The lowest BCUT2D eigenvalue weighted by Gasteiger charge is -2.36. The van der Waals surface area contributed by atoms with Crippen molar-refractivity contribution in [1.29, 1.82) is 0 Å². The van der Waals surface area contributed by atoms with Crippen LogP contribution in [0.25, 0.3) is 11.3 Å². The van der Waals surface area contributed by atoms with E-state index in [-0.39, 0.29) is 11.6 Å². The molecule has 2 aromatic rings. The molecule has 2 aliphatic carbocycles. The molecule has 0 bridgehead atoms. The maximum Gasteiger partial charge on any atom is 0.348 e. The maximum absolute atomic E-state index is 12.9. The van der Waals surface area contributed by atoms with Gasteiger partial charge in [0.05, 0.1) is 13.0 Å². The van der Waals surface area contributed by atoms with Crippen LogP contribution in [-0.4, -0.2) is 24.6 Å². The molecule has 1 N–H and O–H groups in total. The molecule has 2 aromatic heterocycles. The number of Topliss-reactive ketones (excluding diaryl/α,β-unsaturated/α-hetero) is 2. The zero-order valence-corrected chi connectivity index (χ0v) is 17.4. The highest BCUT2D eigenvalue weighted by Gasteiger charge is 2.41. The fraction of sp³-hybridized carbons (Fsp3) is 0.348. The number of ether oxygens (including phenoxy) is 1. The van der Waals surface area contributed by atoms with Gasteiger partial charge in [-0.15, -0.1) is 11.3 Å².